The zero-order valence-corrected chi connectivity index (χ0v) is 12.0. The molecule has 0 aliphatic carbocycles. The quantitative estimate of drug-likeness (QED) is 0.459. The molecule has 2 rings (SSSR count). The zero-order chi connectivity index (χ0) is 14.2. The summed E-state index contributed by atoms with van der Waals surface area (Å²) in [6, 6.07) is 10.6. The fourth-order valence-electron chi connectivity index (χ4n) is 2.52. The minimum atomic E-state index is 0.196. The van der Waals surface area contributed by atoms with Crippen LogP contribution in [-0.2, 0) is 0 Å². The van der Waals surface area contributed by atoms with Gasteiger partial charge in [-0.2, -0.15) is 0 Å². The topological polar surface area (TPSA) is 70.9 Å². The summed E-state index contributed by atoms with van der Waals surface area (Å²) >= 11 is 0. The molecule has 5 heteroatoms. The molecule has 4 N–H and O–H groups in total. The Morgan fingerprint density at radius 3 is 2.35 bits per heavy atom. The molecule has 1 aromatic rings. The van der Waals surface area contributed by atoms with Crippen molar-refractivity contribution in [1.29, 1.82) is 0 Å². The number of hydrogen-bond donors (Lipinski definition) is 2. The van der Waals surface area contributed by atoms with Crippen molar-refractivity contribution >= 4 is 11.6 Å². The van der Waals surface area contributed by atoms with Crippen LogP contribution in [0.1, 0.15) is 12.8 Å². The smallest absolute Gasteiger partial charge is 0.185 e. The summed E-state index contributed by atoms with van der Waals surface area (Å²) in [4.78, 5) is 8.98. The molecule has 0 aromatic heterocycles. The van der Waals surface area contributed by atoms with E-state index in [9.17, 15) is 0 Å². The van der Waals surface area contributed by atoms with Crippen LogP contribution in [-0.4, -0.2) is 50.1 Å². The maximum Gasteiger partial charge on any atom is 0.185 e. The number of hydrogen-bond acceptors (Lipinski definition) is 3. The molecule has 0 atom stereocenters. The summed E-state index contributed by atoms with van der Waals surface area (Å²) < 4.78 is 0. The number of nitrogens with two attached hydrogens (primary N) is 2. The predicted octanol–water partition coefficient (Wildman–Crippen LogP) is 0.862. The van der Waals surface area contributed by atoms with Crippen molar-refractivity contribution in [3.63, 3.8) is 0 Å². The highest BCUT2D eigenvalue weighted by molar-refractivity contribution is 5.75. The Morgan fingerprint density at radius 1 is 1.00 bits per heavy atom. The van der Waals surface area contributed by atoms with Gasteiger partial charge in [0.25, 0.3) is 0 Å². The van der Waals surface area contributed by atoms with Gasteiger partial charge in [0.15, 0.2) is 5.96 Å². The molecule has 1 heterocycles. The van der Waals surface area contributed by atoms with Crippen LogP contribution in [0, 0.1) is 0 Å². The minimum absolute atomic E-state index is 0.196. The van der Waals surface area contributed by atoms with Gasteiger partial charge in [-0.1, -0.05) is 18.2 Å². The van der Waals surface area contributed by atoms with Crippen LogP contribution in [0.2, 0.25) is 0 Å². The van der Waals surface area contributed by atoms with Crippen molar-refractivity contribution in [3.8, 4) is 0 Å². The third kappa shape index (κ3) is 4.74. The number of para-hydroxylation sites is 1. The molecule has 0 radical (unpaired) electrons. The normalized spacial score (nSPS) is 16.1. The first-order valence-corrected chi connectivity index (χ1v) is 7.33. The van der Waals surface area contributed by atoms with Crippen molar-refractivity contribution in [3.05, 3.63) is 30.3 Å². The van der Waals surface area contributed by atoms with Gasteiger partial charge in [-0.25, -0.2) is 0 Å². The monoisotopic (exact) mass is 275 g/mol. The Balaban J connectivity index is 1.63. The molecular weight excluding hydrogens is 250 g/mol. The Hall–Kier alpha value is -1.75. The Bertz CT molecular complexity index is 406. The van der Waals surface area contributed by atoms with Gasteiger partial charge in [0.1, 0.15) is 0 Å². The van der Waals surface area contributed by atoms with Gasteiger partial charge >= 0.3 is 0 Å². The summed E-state index contributed by atoms with van der Waals surface area (Å²) in [7, 11) is 0. The van der Waals surface area contributed by atoms with E-state index in [-0.39, 0.29) is 5.96 Å². The van der Waals surface area contributed by atoms with Gasteiger partial charge in [0.2, 0.25) is 0 Å². The third-order valence-electron chi connectivity index (χ3n) is 3.67. The molecule has 1 fully saturated rings. The zero-order valence-electron chi connectivity index (χ0n) is 12.0. The largest absolute Gasteiger partial charge is 0.370 e. The number of benzene rings is 1. The molecule has 0 amide bonds. The molecule has 110 valence electrons. The van der Waals surface area contributed by atoms with E-state index >= 15 is 0 Å². The van der Waals surface area contributed by atoms with Crippen molar-refractivity contribution < 1.29 is 0 Å². The maximum absolute atomic E-state index is 5.30. The standard InChI is InChI=1S/C15H25N5/c16-15(17)18-8-4-5-9-19-10-12-20(13-11-19)14-6-2-1-3-7-14/h1-3,6-7H,4-5,8-13H2,(H4,16,17,18). The lowest BCUT2D eigenvalue weighted by Crippen LogP contribution is -2.46. The molecule has 1 aliphatic heterocycles. The summed E-state index contributed by atoms with van der Waals surface area (Å²) in [5, 5.41) is 0. The Morgan fingerprint density at radius 2 is 1.70 bits per heavy atom. The van der Waals surface area contributed by atoms with E-state index in [1.807, 2.05) is 0 Å². The third-order valence-corrected chi connectivity index (χ3v) is 3.67. The highest BCUT2D eigenvalue weighted by Crippen LogP contribution is 2.15. The molecule has 0 spiro atoms. The number of nitrogens with zero attached hydrogens (tertiary/aromatic N) is 3. The highest BCUT2D eigenvalue weighted by Gasteiger charge is 2.16. The van der Waals surface area contributed by atoms with Crippen LogP contribution in [0.4, 0.5) is 5.69 Å². The van der Waals surface area contributed by atoms with Crippen LogP contribution in [0.5, 0.6) is 0 Å². The van der Waals surface area contributed by atoms with Gasteiger partial charge in [0.05, 0.1) is 0 Å². The summed E-state index contributed by atoms with van der Waals surface area (Å²) in [5.41, 5.74) is 11.9. The van der Waals surface area contributed by atoms with E-state index in [2.05, 4.69) is 45.1 Å². The SMILES string of the molecule is NC(N)=NCCCCN1CCN(c2ccccc2)CC1. The van der Waals surface area contributed by atoms with Crippen LogP contribution in [0.15, 0.2) is 35.3 Å². The average Bonchev–Trinajstić information content (AvgIpc) is 2.48. The van der Waals surface area contributed by atoms with E-state index in [4.69, 9.17) is 11.5 Å². The number of unbranched alkanes of at least 4 members (excludes halogenated alkanes) is 1. The molecule has 5 nitrogen and oxygen atoms in total. The second kappa shape index (κ2) is 7.75. The van der Waals surface area contributed by atoms with Crippen molar-refractivity contribution in [2.45, 2.75) is 12.8 Å². The van der Waals surface area contributed by atoms with E-state index < -0.39 is 0 Å². The van der Waals surface area contributed by atoms with Gasteiger partial charge in [0, 0.05) is 38.4 Å². The summed E-state index contributed by atoms with van der Waals surface area (Å²) in [5.74, 6) is 0.196. The van der Waals surface area contributed by atoms with Gasteiger partial charge in [-0.3, -0.25) is 9.89 Å². The molecule has 0 saturated carbocycles. The van der Waals surface area contributed by atoms with Crippen LogP contribution in [0.25, 0.3) is 0 Å². The van der Waals surface area contributed by atoms with Gasteiger partial charge < -0.3 is 16.4 Å². The minimum Gasteiger partial charge on any atom is -0.370 e. The number of rotatable bonds is 6. The fourth-order valence-corrected chi connectivity index (χ4v) is 2.52. The van der Waals surface area contributed by atoms with Crippen LogP contribution < -0.4 is 16.4 Å². The van der Waals surface area contributed by atoms with E-state index in [0.29, 0.717) is 0 Å². The molecule has 0 bridgehead atoms. The van der Waals surface area contributed by atoms with Crippen molar-refractivity contribution in [1.82, 2.24) is 4.90 Å². The first-order chi connectivity index (χ1) is 9.75. The Kier molecular flexibility index (Phi) is 5.68. The second-order valence-electron chi connectivity index (χ2n) is 5.18. The first-order valence-electron chi connectivity index (χ1n) is 7.33. The fraction of sp³-hybridized carbons (Fsp3) is 0.533. The molecule has 1 aromatic carbocycles. The lowest BCUT2D eigenvalue weighted by Gasteiger charge is -2.36. The molecule has 1 saturated heterocycles. The lowest BCUT2D eigenvalue weighted by atomic mass is 10.2. The maximum atomic E-state index is 5.30. The summed E-state index contributed by atoms with van der Waals surface area (Å²) in [6.45, 7) is 6.37. The van der Waals surface area contributed by atoms with Crippen LogP contribution >= 0.6 is 0 Å². The average molecular weight is 275 g/mol. The highest BCUT2D eigenvalue weighted by atomic mass is 15.3. The molecule has 0 unspecified atom stereocenters. The van der Waals surface area contributed by atoms with Gasteiger partial charge in [-0.15, -0.1) is 0 Å². The van der Waals surface area contributed by atoms with Crippen LogP contribution in [0.3, 0.4) is 0 Å². The van der Waals surface area contributed by atoms with Crippen molar-refractivity contribution in [2.75, 3.05) is 44.2 Å². The van der Waals surface area contributed by atoms with E-state index in [1.54, 1.807) is 0 Å². The van der Waals surface area contributed by atoms with Crippen molar-refractivity contribution in [2.24, 2.45) is 16.5 Å². The molecule has 20 heavy (non-hydrogen) atoms. The number of guanidine groups is 1. The summed E-state index contributed by atoms with van der Waals surface area (Å²) in [6.07, 6.45) is 2.21. The first kappa shape index (κ1) is 14.7. The predicted molar refractivity (Wildman–Crippen MR) is 85.0 cm³/mol. The number of piperazine rings is 1. The number of aliphatic imine (C=N–C) groups is 1. The number of anilines is 1. The van der Waals surface area contributed by atoms with Gasteiger partial charge in [-0.05, 0) is 31.5 Å². The lowest BCUT2D eigenvalue weighted by molar-refractivity contribution is 0.253. The molecular formula is C15H25N5. The molecule has 1 aliphatic rings. The Labute approximate surface area is 121 Å². The van der Waals surface area contributed by atoms with E-state index in [1.165, 1.54) is 5.69 Å². The van der Waals surface area contributed by atoms with E-state index in [0.717, 1.165) is 52.1 Å². The second-order valence-corrected chi connectivity index (χ2v) is 5.18.